The van der Waals surface area contributed by atoms with Crippen LogP contribution in [0, 0.1) is 19.8 Å². The number of hydrogen-bond donors (Lipinski definition) is 2. The molecule has 3 rings (SSSR count). The SMILES string of the molecule is Cc1ccc(NC(=O)CN2CCC(C(=O)Nc3ccccc3C)CC2)cc1. The van der Waals surface area contributed by atoms with Gasteiger partial charge in [0.2, 0.25) is 11.8 Å². The van der Waals surface area contributed by atoms with E-state index in [-0.39, 0.29) is 17.7 Å². The van der Waals surface area contributed by atoms with Crippen LogP contribution < -0.4 is 10.6 Å². The van der Waals surface area contributed by atoms with Gasteiger partial charge in [-0.05, 0) is 63.5 Å². The summed E-state index contributed by atoms with van der Waals surface area (Å²) in [5, 5.41) is 5.97. The minimum Gasteiger partial charge on any atom is -0.326 e. The molecule has 27 heavy (non-hydrogen) atoms. The van der Waals surface area contributed by atoms with Crippen LogP contribution in [-0.2, 0) is 9.59 Å². The molecule has 0 bridgehead atoms. The van der Waals surface area contributed by atoms with Gasteiger partial charge in [0.15, 0.2) is 0 Å². The molecule has 142 valence electrons. The Morgan fingerprint density at radius 2 is 1.63 bits per heavy atom. The number of carbonyl (C=O) groups is 2. The molecule has 1 saturated heterocycles. The molecular weight excluding hydrogens is 338 g/mol. The van der Waals surface area contributed by atoms with Crippen LogP contribution in [0.3, 0.4) is 0 Å². The van der Waals surface area contributed by atoms with Gasteiger partial charge < -0.3 is 10.6 Å². The number of rotatable bonds is 5. The molecular formula is C22H27N3O2. The average molecular weight is 365 g/mol. The third-order valence-electron chi connectivity index (χ3n) is 5.06. The third kappa shape index (κ3) is 5.41. The first-order valence-corrected chi connectivity index (χ1v) is 9.46. The van der Waals surface area contributed by atoms with Crippen molar-refractivity contribution in [1.29, 1.82) is 0 Å². The van der Waals surface area contributed by atoms with Crippen LogP contribution in [0.4, 0.5) is 11.4 Å². The normalized spacial score (nSPS) is 15.3. The molecule has 0 spiro atoms. The molecule has 1 aliphatic heterocycles. The van der Waals surface area contributed by atoms with Crippen LogP contribution in [0.2, 0.25) is 0 Å². The number of anilines is 2. The number of carbonyl (C=O) groups excluding carboxylic acids is 2. The molecule has 1 aliphatic rings. The summed E-state index contributed by atoms with van der Waals surface area (Å²) in [6.07, 6.45) is 1.55. The van der Waals surface area contributed by atoms with Crippen LogP contribution in [0.15, 0.2) is 48.5 Å². The molecule has 5 heteroatoms. The van der Waals surface area contributed by atoms with Crippen LogP contribution in [0.25, 0.3) is 0 Å². The summed E-state index contributed by atoms with van der Waals surface area (Å²) in [5.41, 5.74) is 3.93. The highest BCUT2D eigenvalue weighted by molar-refractivity contribution is 5.93. The zero-order valence-corrected chi connectivity index (χ0v) is 16.0. The summed E-state index contributed by atoms with van der Waals surface area (Å²) in [5.74, 6) is 0.0655. The van der Waals surface area contributed by atoms with Crippen molar-refractivity contribution < 1.29 is 9.59 Å². The fourth-order valence-electron chi connectivity index (χ4n) is 3.34. The van der Waals surface area contributed by atoms with Crippen LogP contribution in [-0.4, -0.2) is 36.3 Å². The van der Waals surface area contributed by atoms with Gasteiger partial charge in [-0.2, -0.15) is 0 Å². The zero-order valence-electron chi connectivity index (χ0n) is 16.0. The Morgan fingerprint density at radius 3 is 2.30 bits per heavy atom. The molecule has 2 aromatic rings. The highest BCUT2D eigenvalue weighted by Crippen LogP contribution is 2.21. The minimum atomic E-state index is -0.0123. The quantitative estimate of drug-likeness (QED) is 0.851. The molecule has 0 aromatic heterocycles. The molecule has 0 atom stereocenters. The van der Waals surface area contributed by atoms with E-state index < -0.39 is 0 Å². The van der Waals surface area contributed by atoms with Gasteiger partial charge in [0.1, 0.15) is 0 Å². The Labute approximate surface area is 160 Å². The lowest BCUT2D eigenvalue weighted by atomic mass is 9.95. The van der Waals surface area contributed by atoms with Gasteiger partial charge in [-0.1, -0.05) is 35.9 Å². The van der Waals surface area contributed by atoms with E-state index in [9.17, 15) is 9.59 Å². The summed E-state index contributed by atoms with van der Waals surface area (Å²) in [6.45, 7) is 5.89. The molecule has 2 aromatic carbocycles. The van der Waals surface area contributed by atoms with Gasteiger partial charge >= 0.3 is 0 Å². The number of piperidine rings is 1. The van der Waals surface area contributed by atoms with Crippen molar-refractivity contribution in [3.8, 4) is 0 Å². The van der Waals surface area contributed by atoms with Crippen molar-refractivity contribution in [2.45, 2.75) is 26.7 Å². The Morgan fingerprint density at radius 1 is 0.963 bits per heavy atom. The number of nitrogens with zero attached hydrogens (tertiary/aromatic N) is 1. The third-order valence-corrected chi connectivity index (χ3v) is 5.06. The monoisotopic (exact) mass is 365 g/mol. The van der Waals surface area contributed by atoms with E-state index in [4.69, 9.17) is 0 Å². The first kappa shape index (κ1) is 19.1. The summed E-state index contributed by atoms with van der Waals surface area (Å²) in [7, 11) is 0. The lowest BCUT2D eigenvalue weighted by molar-refractivity contribution is -0.121. The van der Waals surface area contributed by atoms with Gasteiger partial charge in [-0.15, -0.1) is 0 Å². The van der Waals surface area contributed by atoms with Crippen molar-refractivity contribution in [2.24, 2.45) is 5.92 Å². The predicted octanol–water partition coefficient (Wildman–Crippen LogP) is 3.59. The maximum Gasteiger partial charge on any atom is 0.238 e. The fraction of sp³-hybridized carbons (Fsp3) is 0.364. The second kappa shape index (κ2) is 8.82. The highest BCUT2D eigenvalue weighted by Gasteiger charge is 2.26. The van der Waals surface area contributed by atoms with Crippen molar-refractivity contribution >= 4 is 23.2 Å². The van der Waals surface area contributed by atoms with E-state index in [1.54, 1.807) is 0 Å². The Hall–Kier alpha value is -2.66. The zero-order chi connectivity index (χ0) is 19.2. The lowest BCUT2D eigenvalue weighted by Gasteiger charge is -2.30. The van der Waals surface area contributed by atoms with Crippen molar-refractivity contribution in [3.63, 3.8) is 0 Å². The molecule has 1 heterocycles. The standard InChI is InChI=1S/C22H27N3O2/c1-16-7-9-19(10-8-16)23-21(26)15-25-13-11-18(12-14-25)22(27)24-20-6-4-3-5-17(20)2/h3-10,18H,11-15H2,1-2H3,(H,23,26)(H,24,27). The Bertz CT molecular complexity index is 793. The number of aryl methyl sites for hydroxylation is 2. The molecule has 2 amide bonds. The van der Waals surface area contributed by atoms with Gasteiger partial charge in [0.05, 0.1) is 6.54 Å². The van der Waals surface area contributed by atoms with Crippen LogP contribution in [0.5, 0.6) is 0 Å². The highest BCUT2D eigenvalue weighted by atomic mass is 16.2. The molecule has 0 aliphatic carbocycles. The summed E-state index contributed by atoms with van der Waals surface area (Å²) >= 11 is 0. The van der Waals surface area contributed by atoms with E-state index in [0.29, 0.717) is 6.54 Å². The number of benzene rings is 2. The number of para-hydroxylation sites is 1. The molecule has 1 fully saturated rings. The van der Waals surface area contributed by atoms with Gasteiger partial charge in [-0.25, -0.2) is 0 Å². The number of hydrogen-bond acceptors (Lipinski definition) is 3. The van der Waals surface area contributed by atoms with Crippen LogP contribution in [0.1, 0.15) is 24.0 Å². The summed E-state index contributed by atoms with van der Waals surface area (Å²) in [4.78, 5) is 26.8. The molecule has 2 N–H and O–H groups in total. The first-order chi connectivity index (χ1) is 13.0. The maximum atomic E-state index is 12.5. The van der Waals surface area contributed by atoms with Gasteiger partial charge in [0, 0.05) is 17.3 Å². The number of nitrogens with one attached hydrogen (secondary N) is 2. The van der Waals surface area contributed by atoms with Gasteiger partial charge in [-0.3, -0.25) is 14.5 Å². The number of likely N-dealkylation sites (tertiary alicyclic amines) is 1. The first-order valence-electron chi connectivity index (χ1n) is 9.46. The molecule has 0 unspecified atom stereocenters. The summed E-state index contributed by atoms with van der Waals surface area (Å²) < 4.78 is 0. The minimum absolute atomic E-state index is 0.000941. The van der Waals surface area contributed by atoms with E-state index >= 15 is 0 Å². The van der Waals surface area contributed by atoms with Gasteiger partial charge in [0.25, 0.3) is 0 Å². The number of amides is 2. The second-order valence-electron chi connectivity index (χ2n) is 7.27. The lowest BCUT2D eigenvalue weighted by Crippen LogP contribution is -2.41. The Balaban J connectivity index is 1.44. The van der Waals surface area contributed by atoms with E-state index in [1.165, 1.54) is 5.56 Å². The van der Waals surface area contributed by atoms with Crippen molar-refractivity contribution in [1.82, 2.24) is 4.90 Å². The molecule has 0 saturated carbocycles. The average Bonchev–Trinajstić information content (AvgIpc) is 2.66. The van der Waals surface area contributed by atoms with E-state index in [0.717, 1.165) is 42.9 Å². The van der Waals surface area contributed by atoms with Crippen molar-refractivity contribution in [3.05, 3.63) is 59.7 Å². The van der Waals surface area contributed by atoms with Crippen molar-refractivity contribution in [2.75, 3.05) is 30.3 Å². The second-order valence-corrected chi connectivity index (χ2v) is 7.27. The van der Waals surface area contributed by atoms with E-state index in [1.807, 2.05) is 62.4 Å². The molecule has 0 radical (unpaired) electrons. The topological polar surface area (TPSA) is 61.4 Å². The predicted molar refractivity (Wildman–Crippen MR) is 109 cm³/mol. The smallest absolute Gasteiger partial charge is 0.238 e. The largest absolute Gasteiger partial charge is 0.326 e. The molecule has 5 nitrogen and oxygen atoms in total. The summed E-state index contributed by atoms with van der Waals surface area (Å²) in [6, 6.07) is 15.6. The van der Waals surface area contributed by atoms with Crippen LogP contribution >= 0.6 is 0 Å². The fourth-order valence-corrected chi connectivity index (χ4v) is 3.34. The Kier molecular flexibility index (Phi) is 6.24. The maximum absolute atomic E-state index is 12.5. The van der Waals surface area contributed by atoms with E-state index in [2.05, 4.69) is 15.5 Å².